The van der Waals surface area contributed by atoms with E-state index in [-0.39, 0.29) is 30.2 Å². The predicted octanol–water partition coefficient (Wildman–Crippen LogP) is 1.11. The quantitative estimate of drug-likeness (QED) is 0.769. The summed E-state index contributed by atoms with van der Waals surface area (Å²) in [5.41, 5.74) is 0. The number of amides is 2. The number of carboxylic acids is 1. The van der Waals surface area contributed by atoms with E-state index >= 15 is 0 Å². The lowest BCUT2D eigenvalue weighted by Gasteiger charge is -2.30. The number of piperidine rings is 1. The topological polar surface area (TPSA) is 86.7 Å². The highest BCUT2D eigenvalue weighted by Gasteiger charge is 2.27. The Bertz CT molecular complexity index is 387. The van der Waals surface area contributed by atoms with E-state index < -0.39 is 11.9 Å². The first-order valence-corrected chi connectivity index (χ1v) is 7.57. The van der Waals surface area contributed by atoms with E-state index in [9.17, 15) is 14.4 Å². The fourth-order valence-electron chi connectivity index (χ4n) is 2.67. The highest BCUT2D eigenvalue weighted by molar-refractivity contribution is 5.80. The third-order valence-corrected chi connectivity index (χ3v) is 3.94. The van der Waals surface area contributed by atoms with Crippen molar-refractivity contribution >= 4 is 17.8 Å². The average molecular weight is 298 g/mol. The van der Waals surface area contributed by atoms with Crippen LogP contribution in [0, 0.1) is 17.8 Å². The summed E-state index contributed by atoms with van der Waals surface area (Å²) in [5.74, 6) is -1.29. The summed E-state index contributed by atoms with van der Waals surface area (Å²) < 4.78 is 0. The van der Waals surface area contributed by atoms with Gasteiger partial charge in [0.15, 0.2) is 0 Å². The number of hydrogen-bond acceptors (Lipinski definition) is 3. The molecule has 1 heterocycles. The van der Waals surface area contributed by atoms with Gasteiger partial charge in [-0.2, -0.15) is 0 Å². The molecule has 0 aromatic carbocycles. The van der Waals surface area contributed by atoms with Gasteiger partial charge in [-0.25, -0.2) is 0 Å². The van der Waals surface area contributed by atoms with Crippen molar-refractivity contribution in [3.63, 3.8) is 0 Å². The number of carboxylic acid groups (broad SMARTS) is 1. The molecule has 1 fully saturated rings. The van der Waals surface area contributed by atoms with E-state index in [2.05, 4.69) is 5.32 Å². The normalized spacial score (nSPS) is 17.6. The molecule has 0 radical (unpaired) electrons. The number of aliphatic carboxylic acids is 1. The highest BCUT2D eigenvalue weighted by atomic mass is 16.4. The second kappa shape index (κ2) is 8.00. The number of carbonyl (C=O) groups excluding carboxylic acids is 2. The summed E-state index contributed by atoms with van der Waals surface area (Å²) in [6, 6.07) is 0. The standard InChI is InChI=1S/C15H26N2O4/c1-10(2)8-13(15(20)21)9-16-14(19)12-4-6-17(7-5-12)11(3)18/h10,12-13H,4-9H2,1-3H3,(H,16,19)(H,20,21). The SMILES string of the molecule is CC(=O)N1CCC(C(=O)NCC(CC(C)C)C(=O)O)CC1. The van der Waals surface area contributed by atoms with Gasteiger partial charge < -0.3 is 15.3 Å². The van der Waals surface area contributed by atoms with Crippen molar-refractivity contribution in [2.24, 2.45) is 17.8 Å². The van der Waals surface area contributed by atoms with Crippen LogP contribution in [0.2, 0.25) is 0 Å². The van der Waals surface area contributed by atoms with Crippen LogP contribution in [0.1, 0.15) is 40.0 Å². The Morgan fingerprint density at radius 1 is 1.24 bits per heavy atom. The Morgan fingerprint density at radius 2 is 1.81 bits per heavy atom. The van der Waals surface area contributed by atoms with Crippen LogP contribution in [0.25, 0.3) is 0 Å². The van der Waals surface area contributed by atoms with Crippen molar-refractivity contribution in [3.05, 3.63) is 0 Å². The maximum Gasteiger partial charge on any atom is 0.308 e. The molecule has 0 saturated carbocycles. The van der Waals surface area contributed by atoms with Gasteiger partial charge in [0.1, 0.15) is 0 Å². The molecule has 0 aromatic rings. The summed E-state index contributed by atoms with van der Waals surface area (Å²) >= 11 is 0. The molecule has 0 aromatic heterocycles. The van der Waals surface area contributed by atoms with Crippen molar-refractivity contribution in [1.82, 2.24) is 10.2 Å². The molecule has 1 atom stereocenters. The first kappa shape index (κ1) is 17.5. The van der Waals surface area contributed by atoms with E-state index in [1.54, 1.807) is 4.90 Å². The molecule has 6 nitrogen and oxygen atoms in total. The number of nitrogens with one attached hydrogen (secondary N) is 1. The van der Waals surface area contributed by atoms with Crippen molar-refractivity contribution in [2.45, 2.75) is 40.0 Å². The van der Waals surface area contributed by atoms with E-state index in [1.807, 2.05) is 13.8 Å². The maximum absolute atomic E-state index is 12.1. The Balaban J connectivity index is 2.39. The van der Waals surface area contributed by atoms with Gasteiger partial charge in [0, 0.05) is 32.5 Å². The molecule has 6 heteroatoms. The summed E-state index contributed by atoms with van der Waals surface area (Å²) in [6.45, 7) is 6.84. The van der Waals surface area contributed by atoms with E-state index in [1.165, 1.54) is 6.92 Å². The van der Waals surface area contributed by atoms with E-state index in [0.717, 1.165) is 0 Å². The zero-order valence-electron chi connectivity index (χ0n) is 13.1. The van der Waals surface area contributed by atoms with E-state index in [0.29, 0.717) is 32.4 Å². The van der Waals surface area contributed by atoms with Gasteiger partial charge in [0.05, 0.1) is 5.92 Å². The van der Waals surface area contributed by atoms with Crippen LogP contribution in [0.5, 0.6) is 0 Å². The fraction of sp³-hybridized carbons (Fsp3) is 0.800. The van der Waals surface area contributed by atoms with Gasteiger partial charge in [-0.05, 0) is 25.2 Å². The molecule has 21 heavy (non-hydrogen) atoms. The zero-order chi connectivity index (χ0) is 16.0. The Kier molecular flexibility index (Phi) is 6.65. The molecule has 0 aliphatic carbocycles. The molecule has 120 valence electrons. The zero-order valence-corrected chi connectivity index (χ0v) is 13.1. The van der Waals surface area contributed by atoms with Gasteiger partial charge in [0.2, 0.25) is 11.8 Å². The van der Waals surface area contributed by atoms with Gasteiger partial charge in [0.25, 0.3) is 0 Å². The monoisotopic (exact) mass is 298 g/mol. The van der Waals surface area contributed by atoms with Crippen LogP contribution in [0.15, 0.2) is 0 Å². The van der Waals surface area contributed by atoms with Crippen molar-refractivity contribution in [3.8, 4) is 0 Å². The summed E-state index contributed by atoms with van der Waals surface area (Å²) in [6.07, 6.45) is 1.85. The Morgan fingerprint density at radius 3 is 2.24 bits per heavy atom. The van der Waals surface area contributed by atoms with Gasteiger partial charge in [-0.3, -0.25) is 14.4 Å². The summed E-state index contributed by atoms with van der Waals surface area (Å²) in [5, 5.41) is 11.9. The maximum atomic E-state index is 12.1. The second-order valence-corrected chi connectivity index (χ2v) is 6.19. The first-order valence-electron chi connectivity index (χ1n) is 7.57. The number of hydrogen-bond donors (Lipinski definition) is 2. The highest BCUT2D eigenvalue weighted by Crippen LogP contribution is 2.18. The second-order valence-electron chi connectivity index (χ2n) is 6.19. The number of carbonyl (C=O) groups is 3. The van der Waals surface area contributed by atoms with Gasteiger partial charge in [-0.1, -0.05) is 13.8 Å². The van der Waals surface area contributed by atoms with Gasteiger partial charge >= 0.3 is 5.97 Å². The van der Waals surface area contributed by atoms with Crippen molar-refractivity contribution < 1.29 is 19.5 Å². The Labute approximate surface area is 125 Å². The molecular formula is C15H26N2O4. The lowest BCUT2D eigenvalue weighted by Crippen LogP contribution is -2.43. The molecule has 1 rings (SSSR count). The van der Waals surface area contributed by atoms with Crippen LogP contribution < -0.4 is 5.32 Å². The van der Waals surface area contributed by atoms with E-state index in [4.69, 9.17) is 5.11 Å². The van der Waals surface area contributed by atoms with Crippen molar-refractivity contribution in [2.75, 3.05) is 19.6 Å². The molecule has 2 amide bonds. The number of nitrogens with zero attached hydrogens (tertiary/aromatic N) is 1. The summed E-state index contributed by atoms with van der Waals surface area (Å²) in [7, 11) is 0. The minimum Gasteiger partial charge on any atom is -0.481 e. The molecule has 0 spiro atoms. The minimum absolute atomic E-state index is 0.0386. The molecule has 1 aliphatic rings. The molecule has 2 N–H and O–H groups in total. The third-order valence-electron chi connectivity index (χ3n) is 3.94. The fourth-order valence-corrected chi connectivity index (χ4v) is 2.67. The number of likely N-dealkylation sites (tertiary alicyclic amines) is 1. The van der Waals surface area contributed by atoms with Gasteiger partial charge in [-0.15, -0.1) is 0 Å². The smallest absolute Gasteiger partial charge is 0.308 e. The summed E-state index contributed by atoms with van der Waals surface area (Å²) in [4.78, 5) is 36.2. The molecule has 1 unspecified atom stereocenters. The largest absolute Gasteiger partial charge is 0.481 e. The molecule has 1 saturated heterocycles. The van der Waals surface area contributed by atoms with Crippen LogP contribution in [-0.2, 0) is 14.4 Å². The minimum atomic E-state index is -0.865. The molecule has 1 aliphatic heterocycles. The number of rotatable bonds is 6. The van der Waals surface area contributed by atoms with Crippen LogP contribution >= 0.6 is 0 Å². The van der Waals surface area contributed by atoms with Crippen LogP contribution in [-0.4, -0.2) is 47.4 Å². The van der Waals surface area contributed by atoms with Crippen LogP contribution in [0.3, 0.4) is 0 Å². The average Bonchev–Trinajstić information content (AvgIpc) is 2.42. The molecule has 0 bridgehead atoms. The lowest BCUT2D eigenvalue weighted by molar-refractivity contribution is -0.142. The van der Waals surface area contributed by atoms with Crippen LogP contribution in [0.4, 0.5) is 0 Å². The lowest BCUT2D eigenvalue weighted by atomic mass is 9.94. The Hall–Kier alpha value is -1.59. The third kappa shape index (κ3) is 5.73. The first-order chi connectivity index (χ1) is 9.81. The molecular weight excluding hydrogens is 272 g/mol. The predicted molar refractivity (Wildman–Crippen MR) is 78.6 cm³/mol. The van der Waals surface area contributed by atoms with Crippen molar-refractivity contribution in [1.29, 1.82) is 0 Å².